The predicted octanol–water partition coefficient (Wildman–Crippen LogP) is 2.51. The summed E-state index contributed by atoms with van der Waals surface area (Å²) in [5.41, 5.74) is 0. The van der Waals surface area contributed by atoms with Crippen LogP contribution in [0.15, 0.2) is 0 Å². The molecular formula is C7H11F3O. The van der Waals surface area contributed by atoms with Crippen molar-refractivity contribution in [3.63, 3.8) is 0 Å². The molecule has 1 unspecified atom stereocenters. The fourth-order valence-corrected chi connectivity index (χ4v) is 1.27. The normalized spacial score (nSPS) is 22.9. The van der Waals surface area contributed by atoms with Crippen molar-refractivity contribution in [3.8, 4) is 0 Å². The van der Waals surface area contributed by atoms with Crippen molar-refractivity contribution in [3.05, 3.63) is 0 Å². The average Bonchev–Trinajstić information content (AvgIpc) is 2.39. The van der Waals surface area contributed by atoms with Crippen LogP contribution in [0.2, 0.25) is 0 Å². The third-order valence-electron chi connectivity index (χ3n) is 1.82. The molecule has 0 amide bonds. The van der Waals surface area contributed by atoms with E-state index in [-0.39, 0.29) is 6.10 Å². The van der Waals surface area contributed by atoms with Gasteiger partial charge in [-0.2, -0.15) is 0 Å². The molecule has 1 atom stereocenters. The monoisotopic (exact) mass is 168 g/mol. The number of ether oxygens (including phenoxy) is 1. The summed E-state index contributed by atoms with van der Waals surface area (Å²) in [6.45, 7) is 0. The van der Waals surface area contributed by atoms with Gasteiger partial charge in [-0.05, 0) is 12.8 Å². The third kappa shape index (κ3) is 2.69. The maximum Gasteiger partial charge on any atom is 0.293 e. The Morgan fingerprint density at radius 2 is 1.64 bits per heavy atom. The highest BCUT2D eigenvalue weighted by Gasteiger charge is 2.25. The summed E-state index contributed by atoms with van der Waals surface area (Å²) in [6.07, 6.45) is -2.32. The summed E-state index contributed by atoms with van der Waals surface area (Å²) in [5.74, 6) is 0. The number of hydrogen-bond donors (Lipinski definition) is 0. The highest BCUT2D eigenvalue weighted by atomic mass is 19.3. The molecule has 0 heterocycles. The van der Waals surface area contributed by atoms with E-state index < -0.39 is 12.8 Å². The maximum absolute atomic E-state index is 12.2. The summed E-state index contributed by atoms with van der Waals surface area (Å²) >= 11 is 0. The van der Waals surface area contributed by atoms with Crippen LogP contribution in [0.1, 0.15) is 25.7 Å². The fourth-order valence-electron chi connectivity index (χ4n) is 1.27. The second kappa shape index (κ2) is 3.95. The molecule has 1 aliphatic rings. The predicted molar refractivity (Wildman–Crippen MR) is 34.2 cm³/mol. The van der Waals surface area contributed by atoms with Gasteiger partial charge in [0.05, 0.1) is 6.10 Å². The Morgan fingerprint density at radius 1 is 1.09 bits per heavy atom. The molecule has 0 aliphatic heterocycles. The van der Waals surface area contributed by atoms with E-state index >= 15 is 0 Å². The molecule has 66 valence electrons. The van der Waals surface area contributed by atoms with Crippen LogP contribution in [0.25, 0.3) is 0 Å². The van der Waals surface area contributed by atoms with E-state index in [9.17, 15) is 13.2 Å². The minimum atomic E-state index is -3.00. The van der Waals surface area contributed by atoms with E-state index in [2.05, 4.69) is 4.74 Å². The van der Waals surface area contributed by atoms with Gasteiger partial charge < -0.3 is 4.74 Å². The van der Waals surface area contributed by atoms with Gasteiger partial charge in [-0.1, -0.05) is 12.8 Å². The minimum Gasteiger partial charge on any atom is -0.340 e. The minimum absolute atomic E-state index is 0.279. The van der Waals surface area contributed by atoms with Crippen molar-refractivity contribution in [1.82, 2.24) is 0 Å². The smallest absolute Gasteiger partial charge is 0.293 e. The van der Waals surface area contributed by atoms with Crippen LogP contribution in [0, 0.1) is 0 Å². The summed E-state index contributed by atoms with van der Waals surface area (Å²) in [5, 5.41) is 0. The third-order valence-corrected chi connectivity index (χ3v) is 1.82. The molecule has 0 aromatic heterocycles. The molecule has 1 aliphatic carbocycles. The van der Waals surface area contributed by atoms with Crippen molar-refractivity contribution < 1.29 is 17.9 Å². The first-order valence-electron chi connectivity index (χ1n) is 3.78. The van der Waals surface area contributed by atoms with Crippen molar-refractivity contribution >= 4 is 0 Å². The van der Waals surface area contributed by atoms with Crippen molar-refractivity contribution in [2.45, 2.75) is 44.6 Å². The Labute approximate surface area is 63.5 Å². The standard InChI is InChI=1S/C7H11F3O/c8-6(9)7(10)11-5-3-1-2-4-5/h5-7H,1-4H2. The van der Waals surface area contributed by atoms with E-state index in [4.69, 9.17) is 0 Å². The fraction of sp³-hybridized carbons (Fsp3) is 1.00. The summed E-state index contributed by atoms with van der Waals surface area (Å²) in [4.78, 5) is 0. The van der Waals surface area contributed by atoms with Crippen molar-refractivity contribution in [2.24, 2.45) is 0 Å². The molecule has 1 saturated carbocycles. The highest BCUT2D eigenvalue weighted by molar-refractivity contribution is 4.67. The molecular weight excluding hydrogens is 157 g/mol. The van der Waals surface area contributed by atoms with Crippen LogP contribution in [-0.4, -0.2) is 18.9 Å². The Bertz CT molecular complexity index is 112. The SMILES string of the molecule is FC(F)C(F)OC1CCCC1. The van der Waals surface area contributed by atoms with E-state index in [0.717, 1.165) is 12.8 Å². The first-order chi connectivity index (χ1) is 5.20. The number of halogens is 3. The lowest BCUT2D eigenvalue weighted by molar-refractivity contribution is -0.155. The Kier molecular flexibility index (Phi) is 3.17. The summed E-state index contributed by atoms with van der Waals surface area (Å²) in [6, 6.07) is 0. The molecule has 0 aromatic rings. The second-order valence-corrected chi connectivity index (χ2v) is 2.73. The first kappa shape index (κ1) is 8.84. The summed E-state index contributed by atoms with van der Waals surface area (Å²) in [7, 11) is 0. The van der Waals surface area contributed by atoms with Gasteiger partial charge in [0.15, 0.2) is 0 Å². The number of hydrogen-bond acceptors (Lipinski definition) is 1. The van der Waals surface area contributed by atoms with Crippen LogP contribution >= 0.6 is 0 Å². The number of alkyl halides is 3. The Hall–Kier alpha value is -0.250. The van der Waals surface area contributed by atoms with Crippen LogP contribution in [0.4, 0.5) is 13.2 Å². The quantitative estimate of drug-likeness (QED) is 0.629. The lowest BCUT2D eigenvalue weighted by Crippen LogP contribution is -2.22. The van der Waals surface area contributed by atoms with Gasteiger partial charge >= 0.3 is 0 Å². The van der Waals surface area contributed by atoms with Crippen LogP contribution in [0.3, 0.4) is 0 Å². The molecule has 4 heteroatoms. The van der Waals surface area contributed by atoms with Crippen molar-refractivity contribution in [1.29, 1.82) is 0 Å². The molecule has 0 aromatic carbocycles. The van der Waals surface area contributed by atoms with Crippen LogP contribution in [-0.2, 0) is 4.74 Å². The van der Waals surface area contributed by atoms with Gasteiger partial charge in [-0.25, -0.2) is 13.2 Å². The average molecular weight is 168 g/mol. The molecule has 1 fully saturated rings. The lowest BCUT2D eigenvalue weighted by Gasteiger charge is -2.13. The Balaban J connectivity index is 2.18. The van der Waals surface area contributed by atoms with E-state index in [1.54, 1.807) is 0 Å². The van der Waals surface area contributed by atoms with E-state index in [1.165, 1.54) is 0 Å². The van der Waals surface area contributed by atoms with Crippen molar-refractivity contribution in [2.75, 3.05) is 0 Å². The van der Waals surface area contributed by atoms with Gasteiger partial charge in [0.1, 0.15) is 0 Å². The van der Waals surface area contributed by atoms with Gasteiger partial charge in [0.2, 0.25) is 0 Å². The van der Waals surface area contributed by atoms with Gasteiger partial charge in [0, 0.05) is 0 Å². The van der Waals surface area contributed by atoms with Gasteiger partial charge in [-0.15, -0.1) is 0 Å². The largest absolute Gasteiger partial charge is 0.340 e. The number of rotatable bonds is 3. The molecule has 0 radical (unpaired) electrons. The molecule has 1 rings (SSSR count). The summed E-state index contributed by atoms with van der Waals surface area (Å²) < 4.78 is 39.8. The molecule has 0 bridgehead atoms. The molecule has 1 nitrogen and oxygen atoms in total. The zero-order valence-corrected chi connectivity index (χ0v) is 6.10. The zero-order chi connectivity index (χ0) is 8.27. The second-order valence-electron chi connectivity index (χ2n) is 2.73. The topological polar surface area (TPSA) is 9.23 Å². The molecule has 11 heavy (non-hydrogen) atoms. The Morgan fingerprint density at radius 3 is 2.09 bits per heavy atom. The molecule has 0 spiro atoms. The maximum atomic E-state index is 12.2. The van der Waals surface area contributed by atoms with Gasteiger partial charge in [-0.3, -0.25) is 0 Å². The highest BCUT2D eigenvalue weighted by Crippen LogP contribution is 2.23. The van der Waals surface area contributed by atoms with Gasteiger partial charge in [0.25, 0.3) is 12.8 Å². The van der Waals surface area contributed by atoms with E-state index in [0.29, 0.717) is 12.8 Å². The van der Waals surface area contributed by atoms with Crippen LogP contribution < -0.4 is 0 Å². The zero-order valence-electron chi connectivity index (χ0n) is 6.10. The van der Waals surface area contributed by atoms with E-state index in [1.807, 2.05) is 0 Å². The first-order valence-corrected chi connectivity index (χ1v) is 3.78. The van der Waals surface area contributed by atoms with Crippen LogP contribution in [0.5, 0.6) is 0 Å². The lowest BCUT2D eigenvalue weighted by atomic mass is 10.3. The molecule has 0 saturated heterocycles. The molecule has 0 N–H and O–H groups in total.